The lowest BCUT2D eigenvalue weighted by atomic mass is 9.70. The number of oxazole rings is 1. The summed E-state index contributed by atoms with van der Waals surface area (Å²) in [5, 5.41) is 0. The van der Waals surface area contributed by atoms with Crippen molar-refractivity contribution in [2.24, 2.45) is 11.3 Å². The van der Waals surface area contributed by atoms with E-state index in [2.05, 4.69) is 39.6 Å². The van der Waals surface area contributed by atoms with Crippen LogP contribution in [0.15, 0.2) is 34.9 Å². The smallest absolute Gasteiger partial charge is 0.227 e. The third-order valence-corrected chi connectivity index (χ3v) is 5.88. The number of ether oxygens (including phenoxy) is 1. The second kappa shape index (κ2) is 9.02. The molecule has 1 fully saturated rings. The van der Waals surface area contributed by atoms with Crippen molar-refractivity contribution >= 4 is 5.82 Å². The van der Waals surface area contributed by atoms with Crippen molar-refractivity contribution in [2.75, 3.05) is 18.6 Å². The maximum absolute atomic E-state index is 5.80. The Balaban J connectivity index is 1.63. The van der Waals surface area contributed by atoms with E-state index in [0.29, 0.717) is 17.3 Å². The number of hydrogen-bond acceptors (Lipinski definition) is 4. The molecule has 2 unspecified atom stereocenters. The molecule has 0 spiro atoms. The maximum atomic E-state index is 5.80. The van der Waals surface area contributed by atoms with Crippen molar-refractivity contribution in [1.82, 2.24) is 4.98 Å². The molecular formula is C24H36N2O2. The third kappa shape index (κ3) is 5.30. The van der Waals surface area contributed by atoms with Gasteiger partial charge in [-0.25, -0.2) is 0 Å². The largest absolute Gasteiger partial charge is 0.494 e. The Hall–Kier alpha value is -1.97. The molecule has 28 heavy (non-hydrogen) atoms. The Morgan fingerprint density at radius 2 is 1.93 bits per heavy atom. The summed E-state index contributed by atoms with van der Waals surface area (Å²) in [7, 11) is 2.15. The molecule has 0 N–H and O–H groups in total. The van der Waals surface area contributed by atoms with Gasteiger partial charge in [0.05, 0.1) is 6.61 Å². The summed E-state index contributed by atoms with van der Waals surface area (Å²) in [6, 6.07) is 8.56. The molecule has 1 aromatic heterocycles. The Morgan fingerprint density at radius 1 is 1.18 bits per heavy atom. The van der Waals surface area contributed by atoms with E-state index in [0.717, 1.165) is 36.1 Å². The van der Waals surface area contributed by atoms with Gasteiger partial charge < -0.3 is 14.1 Å². The van der Waals surface area contributed by atoms with Gasteiger partial charge >= 0.3 is 0 Å². The number of rotatable bonds is 8. The highest BCUT2D eigenvalue weighted by Crippen LogP contribution is 2.41. The SMILES string of the molecule is CCCCCOc1ccc(-c2nc(N(C)C3CC(C)CC(C)(C)C3)co2)cc1. The van der Waals surface area contributed by atoms with E-state index in [9.17, 15) is 0 Å². The van der Waals surface area contributed by atoms with Crippen LogP contribution in [0.3, 0.4) is 0 Å². The van der Waals surface area contributed by atoms with Gasteiger partial charge in [0, 0.05) is 18.7 Å². The van der Waals surface area contributed by atoms with Crippen LogP contribution in [0, 0.1) is 11.3 Å². The molecule has 0 aliphatic heterocycles. The first-order valence-electron chi connectivity index (χ1n) is 10.8. The van der Waals surface area contributed by atoms with Gasteiger partial charge in [0.2, 0.25) is 5.89 Å². The summed E-state index contributed by atoms with van der Waals surface area (Å²) in [6.45, 7) is 10.1. The van der Waals surface area contributed by atoms with Gasteiger partial charge in [0.15, 0.2) is 5.82 Å². The standard InChI is InChI=1S/C24H36N2O2/c1-6-7-8-13-27-21-11-9-19(10-12-21)23-25-22(17-28-23)26(5)20-14-18(2)15-24(3,4)16-20/h9-12,17-18,20H,6-8,13-16H2,1-5H3. The number of aromatic nitrogens is 1. The molecule has 1 heterocycles. The highest BCUT2D eigenvalue weighted by Gasteiger charge is 2.34. The van der Waals surface area contributed by atoms with Crippen molar-refractivity contribution in [2.45, 2.75) is 72.3 Å². The van der Waals surface area contributed by atoms with E-state index in [-0.39, 0.29) is 0 Å². The van der Waals surface area contributed by atoms with Crippen molar-refractivity contribution in [3.63, 3.8) is 0 Å². The molecule has 1 aliphatic rings. The lowest BCUT2D eigenvalue weighted by Gasteiger charge is -2.42. The number of unbranched alkanes of at least 4 members (excludes halogenated alkanes) is 2. The molecule has 3 rings (SSSR count). The first-order valence-corrected chi connectivity index (χ1v) is 10.8. The Bertz CT molecular complexity index is 735. The average Bonchev–Trinajstić information content (AvgIpc) is 3.13. The van der Waals surface area contributed by atoms with E-state index in [1.54, 1.807) is 6.26 Å². The fraction of sp³-hybridized carbons (Fsp3) is 0.625. The van der Waals surface area contributed by atoms with Crippen molar-refractivity contribution in [3.05, 3.63) is 30.5 Å². The number of benzene rings is 1. The zero-order valence-electron chi connectivity index (χ0n) is 18.2. The molecule has 1 aliphatic carbocycles. The molecule has 2 atom stereocenters. The fourth-order valence-corrected chi connectivity index (χ4v) is 4.57. The third-order valence-electron chi connectivity index (χ3n) is 5.88. The molecule has 154 valence electrons. The summed E-state index contributed by atoms with van der Waals surface area (Å²) in [4.78, 5) is 7.06. The minimum Gasteiger partial charge on any atom is -0.494 e. The first-order chi connectivity index (χ1) is 13.4. The topological polar surface area (TPSA) is 38.5 Å². The monoisotopic (exact) mass is 384 g/mol. The van der Waals surface area contributed by atoms with Crippen LogP contribution >= 0.6 is 0 Å². The highest BCUT2D eigenvalue weighted by atomic mass is 16.5. The molecule has 0 amide bonds. The predicted molar refractivity (Wildman–Crippen MR) is 116 cm³/mol. The van der Waals surface area contributed by atoms with E-state index < -0.39 is 0 Å². The van der Waals surface area contributed by atoms with Crippen molar-refractivity contribution in [1.29, 1.82) is 0 Å². The van der Waals surface area contributed by atoms with Crippen LogP contribution < -0.4 is 9.64 Å². The second-order valence-electron chi connectivity index (χ2n) is 9.27. The van der Waals surface area contributed by atoms with Crippen LogP contribution in [-0.4, -0.2) is 24.7 Å². The summed E-state index contributed by atoms with van der Waals surface area (Å²) < 4.78 is 11.6. The summed E-state index contributed by atoms with van der Waals surface area (Å²) in [5.41, 5.74) is 1.37. The number of hydrogen-bond donors (Lipinski definition) is 0. The van der Waals surface area contributed by atoms with E-state index in [4.69, 9.17) is 14.1 Å². The van der Waals surface area contributed by atoms with Gasteiger partial charge in [-0.3, -0.25) is 0 Å². The van der Waals surface area contributed by atoms with Gasteiger partial charge in [0.25, 0.3) is 0 Å². The van der Waals surface area contributed by atoms with Crippen LogP contribution in [0.2, 0.25) is 0 Å². The van der Waals surface area contributed by atoms with Gasteiger partial charge in [-0.1, -0.05) is 40.5 Å². The zero-order valence-corrected chi connectivity index (χ0v) is 18.2. The van der Waals surface area contributed by atoms with Gasteiger partial charge in [0.1, 0.15) is 12.0 Å². The number of anilines is 1. The Morgan fingerprint density at radius 3 is 2.61 bits per heavy atom. The minimum atomic E-state index is 0.385. The molecular weight excluding hydrogens is 348 g/mol. The first kappa shape index (κ1) is 20.8. The normalized spacial score (nSPS) is 21.5. The fourth-order valence-electron chi connectivity index (χ4n) is 4.57. The molecule has 0 bridgehead atoms. The molecule has 0 saturated heterocycles. The van der Waals surface area contributed by atoms with E-state index in [1.807, 2.05) is 24.3 Å². The van der Waals surface area contributed by atoms with Crippen LogP contribution in [0.5, 0.6) is 5.75 Å². The van der Waals surface area contributed by atoms with Crippen LogP contribution in [-0.2, 0) is 0 Å². The van der Waals surface area contributed by atoms with Gasteiger partial charge in [-0.2, -0.15) is 4.98 Å². The van der Waals surface area contributed by atoms with Gasteiger partial charge in [-0.05, 0) is 61.3 Å². The Kier molecular flexibility index (Phi) is 6.69. The average molecular weight is 385 g/mol. The minimum absolute atomic E-state index is 0.385. The predicted octanol–water partition coefficient (Wildman–Crippen LogP) is 6.56. The molecule has 4 heteroatoms. The van der Waals surface area contributed by atoms with Crippen LogP contribution in [0.4, 0.5) is 5.82 Å². The van der Waals surface area contributed by atoms with Gasteiger partial charge in [-0.15, -0.1) is 0 Å². The lowest BCUT2D eigenvalue weighted by Crippen LogP contribution is -2.41. The molecule has 1 saturated carbocycles. The summed E-state index contributed by atoms with van der Waals surface area (Å²) in [6.07, 6.45) is 9.02. The maximum Gasteiger partial charge on any atom is 0.227 e. The van der Waals surface area contributed by atoms with Crippen molar-refractivity contribution < 1.29 is 9.15 Å². The number of nitrogens with zero attached hydrogens (tertiary/aromatic N) is 2. The lowest BCUT2D eigenvalue weighted by molar-refractivity contribution is 0.167. The molecule has 2 aromatic rings. The van der Waals surface area contributed by atoms with Crippen LogP contribution in [0.25, 0.3) is 11.5 Å². The highest BCUT2D eigenvalue weighted by molar-refractivity contribution is 5.57. The second-order valence-corrected chi connectivity index (χ2v) is 9.27. The summed E-state index contributed by atoms with van der Waals surface area (Å²) >= 11 is 0. The summed E-state index contributed by atoms with van der Waals surface area (Å²) in [5.74, 6) is 3.24. The van der Waals surface area contributed by atoms with Crippen molar-refractivity contribution in [3.8, 4) is 17.2 Å². The quantitative estimate of drug-likeness (QED) is 0.483. The molecule has 1 aromatic carbocycles. The molecule has 4 nitrogen and oxygen atoms in total. The molecule has 0 radical (unpaired) electrons. The van der Waals surface area contributed by atoms with E-state index in [1.165, 1.54) is 32.1 Å². The zero-order chi connectivity index (χ0) is 20.1. The van der Waals surface area contributed by atoms with Crippen LogP contribution in [0.1, 0.15) is 66.2 Å². The Labute approximate surface area is 170 Å². The van der Waals surface area contributed by atoms with E-state index >= 15 is 0 Å².